The van der Waals surface area contributed by atoms with E-state index in [1.54, 1.807) is 0 Å². The van der Waals surface area contributed by atoms with Crippen LogP contribution in [0.4, 0.5) is 5.82 Å². The average Bonchev–Trinajstić information content (AvgIpc) is 2.44. The van der Waals surface area contributed by atoms with Gasteiger partial charge in [-0.2, -0.15) is 0 Å². The largest absolute Gasteiger partial charge is 0.370 e. The van der Waals surface area contributed by atoms with Gasteiger partial charge in [-0.1, -0.05) is 41.5 Å². The zero-order chi connectivity index (χ0) is 15.8. The molecule has 0 aliphatic heterocycles. The molecule has 1 aromatic rings. The van der Waals surface area contributed by atoms with Crippen molar-refractivity contribution >= 4 is 5.82 Å². The molecule has 0 saturated carbocycles. The van der Waals surface area contributed by atoms with E-state index < -0.39 is 0 Å². The van der Waals surface area contributed by atoms with Crippen LogP contribution in [0.15, 0.2) is 12.1 Å². The Bertz CT molecular complexity index is 405. The van der Waals surface area contributed by atoms with Gasteiger partial charge in [-0.25, -0.2) is 4.98 Å². The zero-order valence-corrected chi connectivity index (χ0v) is 14.7. The summed E-state index contributed by atoms with van der Waals surface area (Å²) in [5.74, 6) is 3.07. The van der Waals surface area contributed by atoms with Gasteiger partial charge in [0.15, 0.2) is 0 Å². The van der Waals surface area contributed by atoms with Crippen molar-refractivity contribution in [3.8, 4) is 0 Å². The van der Waals surface area contributed by atoms with Crippen LogP contribution in [0.5, 0.6) is 0 Å². The van der Waals surface area contributed by atoms with Gasteiger partial charge in [-0.05, 0) is 48.4 Å². The molecule has 1 rings (SSSR count). The Labute approximate surface area is 130 Å². The first-order valence-corrected chi connectivity index (χ1v) is 8.42. The number of nitrogens with one attached hydrogen (secondary N) is 2. The van der Waals surface area contributed by atoms with Gasteiger partial charge < -0.3 is 10.6 Å². The molecule has 1 aromatic heterocycles. The van der Waals surface area contributed by atoms with Gasteiger partial charge in [-0.15, -0.1) is 0 Å². The lowest BCUT2D eigenvalue weighted by molar-refractivity contribution is 0.304. The molecule has 1 heterocycles. The van der Waals surface area contributed by atoms with Gasteiger partial charge in [0.05, 0.1) is 0 Å². The summed E-state index contributed by atoms with van der Waals surface area (Å²) in [6.07, 6.45) is 0.979. The minimum absolute atomic E-state index is 0.675. The summed E-state index contributed by atoms with van der Waals surface area (Å²) in [5.41, 5.74) is 2.48. The van der Waals surface area contributed by atoms with Crippen molar-refractivity contribution in [2.75, 3.05) is 18.4 Å². The molecule has 0 spiro atoms. The predicted molar refractivity (Wildman–Crippen MR) is 92.7 cm³/mol. The van der Waals surface area contributed by atoms with Crippen LogP contribution in [0.2, 0.25) is 0 Å². The molecule has 0 bridgehead atoms. The molecule has 120 valence electrons. The van der Waals surface area contributed by atoms with Crippen molar-refractivity contribution in [1.82, 2.24) is 10.3 Å². The van der Waals surface area contributed by atoms with E-state index in [1.165, 1.54) is 11.3 Å². The Morgan fingerprint density at radius 1 is 1.05 bits per heavy atom. The zero-order valence-electron chi connectivity index (χ0n) is 14.7. The normalized spacial score (nSPS) is 11.7. The van der Waals surface area contributed by atoms with E-state index in [-0.39, 0.29) is 0 Å². The molecule has 0 unspecified atom stereocenters. The molecule has 0 amide bonds. The Kier molecular flexibility index (Phi) is 7.73. The molecule has 0 aliphatic rings. The molecule has 0 atom stereocenters. The molecule has 0 aromatic carbocycles. The highest BCUT2D eigenvalue weighted by molar-refractivity contribution is 5.40. The van der Waals surface area contributed by atoms with Crippen LogP contribution < -0.4 is 10.6 Å². The SMILES string of the molecule is CCNCc1cc(CC)nc(NCC(C(C)C)C(C)C)c1. The lowest BCUT2D eigenvalue weighted by Gasteiger charge is -2.25. The minimum Gasteiger partial charge on any atom is -0.370 e. The second-order valence-corrected chi connectivity index (χ2v) is 6.52. The fourth-order valence-corrected chi connectivity index (χ4v) is 2.76. The van der Waals surface area contributed by atoms with Gasteiger partial charge in [-0.3, -0.25) is 0 Å². The van der Waals surface area contributed by atoms with E-state index in [4.69, 9.17) is 4.98 Å². The molecule has 0 saturated heterocycles. The van der Waals surface area contributed by atoms with Crippen LogP contribution >= 0.6 is 0 Å². The summed E-state index contributed by atoms with van der Waals surface area (Å²) in [6, 6.07) is 4.38. The lowest BCUT2D eigenvalue weighted by Crippen LogP contribution is -2.25. The molecule has 0 aliphatic carbocycles. The standard InChI is InChI=1S/C18H33N3/c1-7-16-9-15(11-19-8-2)10-18(21-16)20-12-17(13(3)4)14(5)6/h9-10,13-14,17,19H,7-8,11-12H2,1-6H3,(H,20,21). The third kappa shape index (κ3) is 6.04. The monoisotopic (exact) mass is 291 g/mol. The van der Waals surface area contributed by atoms with Crippen LogP contribution in [0, 0.1) is 17.8 Å². The number of hydrogen-bond donors (Lipinski definition) is 2. The highest BCUT2D eigenvalue weighted by atomic mass is 15.0. The summed E-state index contributed by atoms with van der Waals surface area (Å²) in [4.78, 5) is 4.71. The Morgan fingerprint density at radius 3 is 2.24 bits per heavy atom. The fraction of sp³-hybridized carbons (Fsp3) is 0.722. The molecular weight excluding hydrogens is 258 g/mol. The quantitative estimate of drug-likeness (QED) is 0.719. The van der Waals surface area contributed by atoms with Crippen molar-refractivity contribution < 1.29 is 0 Å². The summed E-state index contributed by atoms with van der Waals surface area (Å²) in [7, 11) is 0. The van der Waals surface area contributed by atoms with Crippen LogP contribution in [0.25, 0.3) is 0 Å². The van der Waals surface area contributed by atoms with Crippen molar-refractivity contribution in [2.24, 2.45) is 17.8 Å². The third-order valence-electron chi connectivity index (χ3n) is 4.11. The number of rotatable bonds is 9. The van der Waals surface area contributed by atoms with Crippen LogP contribution in [0.3, 0.4) is 0 Å². The second-order valence-electron chi connectivity index (χ2n) is 6.52. The van der Waals surface area contributed by atoms with E-state index in [9.17, 15) is 0 Å². The molecule has 0 fully saturated rings. The van der Waals surface area contributed by atoms with Crippen molar-refractivity contribution in [1.29, 1.82) is 0 Å². The van der Waals surface area contributed by atoms with E-state index in [0.717, 1.165) is 31.9 Å². The molecule has 3 heteroatoms. The van der Waals surface area contributed by atoms with E-state index in [1.807, 2.05) is 0 Å². The first kappa shape index (κ1) is 18.0. The topological polar surface area (TPSA) is 37.0 Å². The molecule has 2 N–H and O–H groups in total. The predicted octanol–water partition coefficient (Wildman–Crippen LogP) is 4.09. The van der Waals surface area contributed by atoms with Crippen LogP contribution in [-0.4, -0.2) is 18.1 Å². The van der Waals surface area contributed by atoms with Crippen LogP contribution in [0.1, 0.15) is 52.8 Å². The summed E-state index contributed by atoms with van der Waals surface area (Å²) in [6.45, 7) is 16.4. The van der Waals surface area contributed by atoms with Gasteiger partial charge in [0, 0.05) is 18.8 Å². The molecule has 21 heavy (non-hydrogen) atoms. The Hall–Kier alpha value is -1.09. The highest BCUT2D eigenvalue weighted by Crippen LogP contribution is 2.21. The van der Waals surface area contributed by atoms with Crippen LogP contribution in [-0.2, 0) is 13.0 Å². The summed E-state index contributed by atoms with van der Waals surface area (Å²) in [5, 5.41) is 6.95. The highest BCUT2D eigenvalue weighted by Gasteiger charge is 2.17. The maximum Gasteiger partial charge on any atom is 0.126 e. The number of aromatic nitrogens is 1. The number of pyridine rings is 1. The van der Waals surface area contributed by atoms with Crippen molar-refractivity contribution in [3.05, 3.63) is 23.4 Å². The summed E-state index contributed by atoms with van der Waals surface area (Å²) < 4.78 is 0. The van der Waals surface area contributed by atoms with Crippen molar-refractivity contribution in [2.45, 2.75) is 54.5 Å². The first-order chi connectivity index (χ1) is 9.97. The smallest absolute Gasteiger partial charge is 0.126 e. The third-order valence-corrected chi connectivity index (χ3v) is 4.11. The Morgan fingerprint density at radius 2 is 1.71 bits per heavy atom. The Balaban J connectivity index is 2.76. The van der Waals surface area contributed by atoms with Gasteiger partial charge >= 0.3 is 0 Å². The first-order valence-electron chi connectivity index (χ1n) is 8.42. The average molecular weight is 291 g/mol. The van der Waals surface area contributed by atoms with Gasteiger partial charge in [0.25, 0.3) is 0 Å². The number of aryl methyl sites for hydroxylation is 1. The van der Waals surface area contributed by atoms with E-state index in [0.29, 0.717) is 17.8 Å². The van der Waals surface area contributed by atoms with E-state index >= 15 is 0 Å². The van der Waals surface area contributed by atoms with Gasteiger partial charge in [0.2, 0.25) is 0 Å². The number of anilines is 1. The maximum atomic E-state index is 4.71. The maximum absolute atomic E-state index is 4.71. The number of hydrogen-bond acceptors (Lipinski definition) is 3. The fourth-order valence-electron chi connectivity index (χ4n) is 2.76. The number of nitrogens with zero attached hydrogens (tertiary/aromatic N) is 1. The molecule has 0 radical (unpaired) electrons. The van der Waals surface area contributed by atoms with Gasteiger partial charge in [0.1, 0.15) is 5.82 Å². The lowest BCUT2D eigenvalue weighted by atomic mass is 9.85. The summed E-state index contributed by atoms with van der Waals surface area (Å²) >= 11 is 0. The second kappa shape index (κ2) is 9.04. The molecular formula is C18H33N3. The van der Waals surface area contributed by atoms with E-state index in [2.05, 4.69) is 64.3 Å². The van der Waals surface area contributed by atoms with Crippen molar-refractivity contribution in [3.63, 3.8) is 0 Å². The minimum atomic E-state index is 0.675. The molecule has 3 nitrogen and oxygen atoms in total.